The van der Waals surface area contributed by atoms with Gasteiger partial charge in [0.2, 0.25) is 5.91 Å². The van der Waals surface area contributed by atoms with E-state index in [0.29, 0.717) is 38.8 Å². The second kappa shape index (κ2) is 9.87. The Morgan fingerprint density at radius 3 is 2.59 bits per heavy atom. The van der Waals surface area contributed by atoms with Gasteiger partial charge in [0.1, 0.15) is 6.04 Å². The van der Waals surface area contributed by atoms with Crippen LogP contribution in [0.15, 0.2) is 73.1 Å². The fourth-order valence-corrected chi connectivity index (χ4v) is 4.66. The van der Waals surface area contributed by atoms with Gasteiger partial charge in [-0.1, -0.05) is 23.7 Å². The second-order valence-electron chi connectivity index (χ2n) is 8.68. The molecule has 1 aliphatic rings. The molecule has 1 atom stereocenters. The van der Waals surface area contributed by atoms with E-state index in [0.717, 1.165) is 0 Å². The summed E-state index contributed by atoms with van der Waals surface area (Å²) in [5.74, 6) is -1.80. The van der Waals surface area contributed by atoms with Crippen LogP contribution in [-0.4, -0.2) is 48.6 Å². The number of nitrogens with one attached hydrogen (secondary N) is 1. The largest absolute Gasteiger partial charge is 0.478 e. The molecule has 186 valence electrons. The molecule has 37 heavy (non-hydrogen) atoms. The minimum absolute atomic E-state index is 0.0660. The Balaban J connectivity index is 1.59. The SMILES string of the molecule is Cn1nccc1-c1cc(CN2C(=O)c3ccc(Cl)cc3NC(=O)C2Cc2ccccn2)ccc1C(=O)O. The number of rotatable bonds is 6. The van der Waals surface area contributed by atoms with Crippen LogP contribution in [0.4, 0.5) is 5.69 Å². The van der Waals surface area contributed by atoms with Crippen molar-refractivity contribution < 1.29 is 19.5 Å². The molecule has 0 radical (unpaired) electrons. The number of aromatic nitrogens is 3. The summed E-state index contributed by atoms with van der Waals surface area (Å²) in [6.07, 6.45) is 3.42. The molecule has 0 aliphatic carbocycles. The monoisotopic (exact) mass is 515 g/mol. The van der Waals surface area contributed by atoms with Crippen molar-refractivity contribution in [2.75, 3.05) is 5.32 Å². The number of benzene rings is 2. The maximum absolute atomic E-state index is 13.8. The molecule has 2 aromatic carbocycles. The van der Waals surface area contributed by atoms with E-state index in [2.05, 4.69) is 15.4 Å². The molecule has 0 saturated carbocycles. The quantitative estimate of drug-likeness (QED) is 0.400. The minimum atomic E-state index is -1.08. The fourth-order valence-electron chi connectivity index (χ4n) is 4.49. The zero-order chi connectivity index (χ0) is 26.1. The number of aryl methyl sites for hydroxylation is 1. The van der Waals surface area contributed by atoms with Gasteiger partial charge < -0.3 is 15.3 Å². The predicted molar refractivity (Wildman–Crippen MR) is 137 cm³/mol. The van der Waals surface area contributed by atoms with Crippen LogP contribution in [0.2, 0.25) is 5.02 Å². The van der Waals surface area contributed by atoms with E-state index >= 15 is 0 Å². The topological polar surface area (TPSA) is 117 Å². The van der Waals surface area contributed by atoms with Gasteiger partial charge in [0.25, 0.3) is 5.91 Å². The first-order valence-electron chi connectivity index (χ1n) is 11.5. The summed E-state index contributed by atoms with van der Waals surface area (Å²) in [5.41, 5.74) is 3.15. The first-order chi connectivity index (χ1) is 17.8. The fraction of sp³-hybridized carbons (Fsp3) is 0.148. The molecule has 1 unspecified atom stereocenters. The highest BCUT2D eigenvalue weighted by atomic mass is 35.5. The lowest BCUT2D eigenvalue weighted by Crippen LogP contribution is -2.46. The Labute approximate surface area is 217 Å². The molecule has 9 nitrogen and oxygen atoms in total. The van der Waals surface area contributed by atoms with Crippen molar-refractivity contribution in [1.29, 1.82) is 0 Å². The molecule has 2 amide bonds. The Morgan fingerprint density at radius 1 is 1.05 bits per heavy atom. The van der Waals surface area contributed by atoms with E-state index in [4.69, 9.17) is 11.6 Å². The van der Waals surface area contributed by atoms with E-state index in [1.807, 2.05) is 6.07 Å². The molecule has 0 spiro atoms. The number of amides is 2. The van der Waals surface area contributed by atoms with Crippen LogP contribution in [0, 0.1) is 0 Å². The number of hydrogen-bond donors (Lipinski definition) is 2. The van der Waals surface area contributed by atoms with Crippen molar-refractivity contribution >= 4 is 35.1 Å². The Kier molecular flexibility index (Phi) is 6.45. The predicted octanol–water partition coefficient (Wildman–Crippen LogP) is 4.04. The summed E-state index contributed by atoms with van der Waals surface area (Å²) in [7, 11) is 1.72. The van der Waals surface area contributed by atoms with Gasteiger partial charge in [0, 0.05) is 48.7 Å². The molecule has 4 aromatic rings. The van der Waals surface area contributed by atoms with E-state index in [9.17, 15) is 19.5 Å². The number of hydrogen-bond acceptors (Lipinski definition) is 5. The van der Waals surface area contributed by atoms with Crippen molar-refractivity contribution in [2.45, 2.75) is 19.0 Å². The molecule has 10 heteroatoms. The van der Waals surface area contributed by atoms with Gasteiger partial charge in [-0.05, 0) is 54.1 Å². The van der Waals surface area contributed by atoms with Crippen LogP contribution in [0.3, 0.4) is 0 Å². The number of carboxylic acid groups (broad SMARTS) is 1. The maximum atomic E-state index is 13.8. The normalized spacial score (nSPS) is 15.2. The third kappa shape index (κ3) is 4.81. The highest BCUT2D eigenvalue weighted by Gasteiger charge is 2.36. The van der Waals surface area contributed by atoms with Gasteiger partial charge in [0.05, 0.1) is 22.5 Å². The lowest BCUT2D eigenvalue weighted by atomic mass is 9.99. The zero-order valence-electron chi connectivity index (χ0n) is 19.8. The summed E-state index contributed by atoms with van der Waals surface area (Å²) in [6, 6.07) is 15.9. The first-order valence-corrected chi connectivity index (χ1v) is 11.9. The second-order valence-corrected chi connectivity index (χ2v) is 9.11. The average molecular weight is 516 g/mol. The first kappa shape index (κ1) is 24.2. The average Bonchev–Trinajstić information content (AvgIpc) is 3.28. The Morgan fingerprint density at radius 2 is 1.89 bits per heavy atom. The molecule has 0 saturated heterocycles. The number of carboxylic acids is 1. The van der Waals surface area contributed by atoms with Crippen LogP contribution < -0.4 is 5.32 Å². The van der Waals surface area contributed by atoms with Gasteiger partial charge in [-0.15, -0.1) is 0 Å². The Bertz CT molecular complexity index is 1520. The molecule has 0 bridgehead atoms. The Hall–Kier alpha value is -4.50. The summed E-state index contributed by atoms with van der Waals surface area (Å²) in [4.78, 5) is 45.0. The van der Waals surface area contributed by atoms with Crippen molar-refractivity contribution in [2.24, 2.45) is 7.05 Å². The summed E-state index contributed by atoms with van der Waals surface area (Å²) < 4.78 is 1.58. The molecule has 5 rings (SSSR count). The van der Waals surface area contributed by atoms with Crippen molar-refractivity contribution in [1.82, 2.24) is 19.7 Å². The number of nitrogens with zero attached hydrogens (tertiary/aromatic N) is 4. The molecular weight excluding hydrogens is 494 g/mol. The zero-order valence-corrected chi connectivity index (χ0v) is 20.5. The van der Waals surface area contributed by atoms with Gasteiger partial charge in [0.15, 0.2) is 0 Å². The van der Waals surface area contributed by atoms with Gasteiger partial charge in [-0.25, -0.2) is 4.79 Å². The maximum Gasteiger partial charge on any atom is 0.336 e. The number of anilines is 1. The number of pyridine rings is 1. The van der Waals surface area contributed by atoms with E-state index < -0.39 is 12.0 Å². The molecule has 3 heterocycles. The molecule has 0 fully saturated rings. The summed E-state index contributed by atoms with van der Waals surface area (Å²) in [6.45, 7) is 0.0660. The number of carbonyl (C=O) groups is 3. The highest BCUT2D eigenvalue weighted by molar-refractivity contribution is 6.31. The lowest BCUT2D eigenvalue weighted by Gasteiger charge is -2.29. The minimum Gasteiger partial charge on any atom is -0.478 e. The van der Waals surface area contributed by atoms with Crippen LogP contribution in [-0.2, 0) is 24.8 Å². The van der Waals surface area contributed by atoms with Crippen molar-refractivity contribution in [3.8, 4) is 11.3 Å². The molecule has 2 aromatic heterocycles. The van der Waals surface area contributed by atoms with E-state index in [1.165, 1.54) is 11.0 Å². The summed E-state index contributed by atoms with van der Waals surface area (Å²) >= 11 is 6.14. The van der Waals surface area contributed by atoms with Gasteiger partial charge >= 0.3 is 5.97 Å². The van der Waals surface area contributed by atoms with Crippen LogP contribution in [0.1, 0.15) is 32.0 Å². The third-order valence-electron chi connectivity index (χ3n) is 6.30. The molecule has 1 aliphatic heterocycles. The number of fused-ring (bicyclic) bond motifs is 1. The van der Waals surface area contributed by atoms with Crippen LogP contribution >= 0.6 is 11.6 Å². The van der Waals surface area contributed by atoms with E-state index in [-0.39, 0.29) is 30.3 Å². The van der Waals surface area contributed by atoms with Gasteiger partial charge in [-0.2, -0.15) is 5.10 Å². The number of halogens is 1. The third-order valence-corrected chi connectivity index (χ3v) is 6.54. The molecular formula is C27H22ClN5O4. The number of carbonyl (C=O) groups excluding carboxylic acids is 2. The van der Waals surface area contributed by atoms with E-state index in [1.54, 1.807) is 72.7 Å². The lowest BCUT2D eigenvalue weighted by molar-refractivity contribution is -0.120. The number of aromatic carboxylic acids is 1. The van der Waals surface area contributed by atoms with Crippen LogP contribution in [0.25, 0.3) is 11.3 Å². The van der Waals surface area contributed by atoms with Crippen molar-refractivity contribution in [3.63, 3.8) is 0 Å². The van der Waals surface area contributed by atoms with Crippen LogP contribution in [0.5, 0.6) is 0 Å². The highest BCUT2D eigenvalue weighted by Crippen LogP contribution is 2.30. The van der Waals surface area contributed by atoms with Gasteiger partial charge in [-0.3, -0.25) is 19.3 Å². The smallest absolute Gasteiger partial charge is 0.336 e. The van der Waals surface area contributed by atoms with Crippen molar-refractivity contribution in [3.05, 3.63) is 100 Å². The standard InChI is InChI=1S/C27H22ClN5O4/c1-32-23(9-11-30-32)21-12-16(5-7-19(21)27(36)37)15-33-24(14-18-4-2-3-10-29-18)25(34)31-22-13-17(28)6-8-20(22)26(33)35/h2-13,24H,14-15H2,1H3,(H,31,34)(H,36,37). The molecule has 2 N–H and O–H groups in total. The summed E-state index contributed by atoms with van der Waals surface area (Å²) in [5, 5.41) is 17.1.